The van der Waals surface area contributed by atoms with E-state index in [1.165, 1.54) is 24.3 Å². The lowest BCUT2D eigenvalue weighted by molar-refractivity contribution is -0.145. The van der Waals surface area contributed by atoms with Crippen LogP contribution in [0.15, 0.2) is 29.2 Å². The van der Waals surface area contributed by atoms with E-state index >= 15 is 0 Å². The molecule has 1 atom stereocenters. The van der Waals surface area contributed by atoms with E-state index in [1.54, 1.807) is 0 Å². The summed E-state index contributed by atoms with van der Waals surface area (Å²) in [6.45, 7) is 3.03. The van der Waals surface area contributed by atoms with E-state index in [0.717, 1.165) is 0 Å². The predicted molar refractivity (Wildman–Crippen MR) is 73.5 cm³/mol. The summed E-state index contributed by atoms with van der Waals surface area (Å²) in [4.78, 5) is 11.8. The molecule has 1 aromatic rings. The van der Waals surface area contributed by atoms with Gasteiger partial charge in [-0.1, -0.05) is 0 Å². The number of carbonyl (C=O) groups is 1. The lowest BCUT2D eigenvalue weighted by Gasteiger charge is -2.21. The van der Waals surface area contributed by atoms with Gasteiger partial charge in [-0.2, -0.15) is 0 Å². The summed E-state index contributed by atoms with van der Waals surface area (Å²) in [5.41, 5.74) is 0. The van der Waals surface area contributed by atoms with Crippen molar-refractivity contribution in [1.82, 2.24) is 4.72 Å². The van der Waals surface area contributed by atoms with Gasteiger partial charge in [-0.25, -0.2) is 13.1 Å². The van der Waals surface area contributed by atoms with Crippen molar-refractivity contribution in [2.45, 2.75) is 17.9 Å². The second-order valence-corrected chi connectivity index (χ2v) is 5.99. The standard InChI is InChI=1S/C13H17NO6S/c1-2-19-10-3-5-11(6-4-10)21(16,17)14-13(15)12-9-18-7-8-20-12/h3-6,12H,2,7-9H2,1H3,(H,14,15)/t12-/m1/s1. The lowest BCUT2D eigenvalue weighted by Crippen LogP contribution is -2.44. The Morgan fingerprint density at radius 2 is 2.05 bits per heavy atom. The molecule has 8 heteroatoms. The topological polar surface area (TPSA) is 90.9 Å². The first-order chi connectivity index (χ1) is 10.0. The average Bonchev–Trinajstić information content (AvgIpc) is 2.48. The molecule has 2 rings (SSSR count). The van der Waals surface area contributed by atoms with Crippen LogP contribution in [0.3, 0.4) is 0 Å². The molecule has 0 aliphatic carbocycles. The molecule has 1 heterocycles. The van der Waals surface area contributed by atoms with E-state index in [0.29, 0.717) is 19.0 Å². The van der Waals surface area contributed by atoms with Crippen LogP contribution in [0.1, 0.15) is 6.92 Å². The van der Waals surface area contributed by atoms with Crippen molar-refractivity contribution in [2.75, 3.05) is 26.4 Å². The van der Waals surface area contributed by atoms with Crippen LogP contribution >= 0.6 is 0 Å². The number of sulfonamides is 1. The molecule has 0 radical (unpaired) electrons. The molecule has 0 bridgehead atoms. The van der Waals surface area contributed by atoms with Crippen LogP contribution in [0.4, 0.5) is 0 Å². The molecular weight excluding hydrogens is 298 g/mol. The zero-order valence-corrected chi connectivity index (χ0v) is 12.4. The van der Waals surface area contributed by atoms with Crippen molar-refractivity contribution in [2.24, 2.45) is 0 Å². The quantitative estimate of drug-likeness (QED) is 0.841. The molecule has 1 aliphatic rings. The third kappa shape index (κ3) is 4.16. The predicted octanol–water partition coefficient (Wildman–Crippen LogP) is 0.306. The Kier molecular flexibility index (Phi) is 5.16. The van der Waals surface area contributed by atoms with Gasteiger partial charge in [0, 0.05) is 0 Å². The molecule has 1 fully saturated rings. The highest BCUT2D eigenvalue weighted by Gasteiger charge is 2.27. The summed E-state index contributed by atoms with van der Waals surface area (Å²) in [5, 5.41) is 0. The van der Waals surface area contributed by atoms with Gasteiger partial charge in [0.05, 0.1) is 31.3 Å². The Hall–Kier alpha value is -1.64. The molecule has 0 unspecified atom stereocenters. The van der Waals surface area contributed by atoms with Gasteiger partial charge >= 0.3 is 0 Å². The molecule has 0 saturated carbocycles. The monoisotopic (exact) mass is 315 g/mol. The van der Waals surface area contributed by atoms with Crippen molar-refractivity contribution < 1.29 is 27.4 Å². The lowest BCUT2D eigenvalue weighted by atomic mass is 10.3. The summed E-state index contributed by atoms with van der Waals surface area (Å²) < 4.78 is 41.6. The number of nitrogens with one attached hydrogen (secondary N) is 1. The fraction of sp³-hybridized carbons (Fsp3) is 0.462. The first-order valence-electron chi connectivity index (χ1n) is 6.52. The summed E-state index contributed by atoms with van der Waals surface area (Å²) in [6, 6.07) is 5.81. The first kappa shape index (κ1) is 15.7. The van der Waals surface area contributed by atoms with E-state index in [2.05, 4.69) is 0 Å². The molecular formula is C13H17NO6S. The number of hydrogen-bond donors (Lipinski definition) is 1. The molecule has 0 aromatic heterocycles. The minimum Gasteiger partial charge on any atom is -0.494 e. The highest BCUT2D eigenvalue weighted by atomic mass is 32.2. The Morgan fingerprint density at radius 1 is 1.33 bits per heavy atom. The van der Waals surface area contributed by atoms with Gasteiger partial charge in [-0.15, -0.1) is 0 Å². The maximum Gasteiger partial charge on any atom is 0.265 e. The van der Waals surface area contributed by atoms with Crippen molar-refractivity contribution in [1.29, 1.82) is 0 Å². The molecule has 0 spiro atoms. The maximum absolute atomic E-state index is 12.1. The zero-order chi connectivity index (χ0) is 15.3. The maximum atomic E-state index is 12.1. The highest BCUT2D eigenvalue weighted by molar-refractivity contribution is 7.90. The molecule has 1 saturated heterocycles. The Balaban J connectivity index is 2.05. The van der Waals surface area contributed by atoms with Gasteiger partial charge in [0.1, 0.15) is 5.75 Å². The van der Waals surface area contributed by atoms with Gasteiger partial charge < -0.3 is 14.2 Å². The van der Waals surface area contributed by atoms with Gasteiger partial charge in [0.2, 0.25) is 0 Å². The minimum atomic E-state index is -3.93. The van der Waals surface area contributed by atoms with Gasteiger partial charge in [0.15, 0.2) is 6.10 Å². The van der Waals surface area contributed by atoms with Crippen molar-refractivity contribution in [3.05, 3.63) is 24.3 Å². The number of hydrogen-bond acceptors (Lipinski definition) is 6. The fourth-order valence-electron chi connectivity index (χ4n) is 1.78. The Labute approximate surface area is 123 Å². The van der Waals surface area contributed by atoms with Crippen molar-refractivity contribution >= 4 is 15.9 Å². The van der Waals surface area contributed by atoms with Gasteiger partial charge in [-0.05, 0) is 31.2 Å². The van der Waals surface area contributed by atoms with Crippen molar-refractivity contribution in [3.63, 3.8) is 0 Å². The fourth-order valence-corrected chi connectivity index (χ4v) is 2.79. The summed E-state index contributed by atoms with van der Waals surface area (Å²) >= 11 is 0. The van der Waals surface area contributed by atoms with Crippen LogP contribution in [0.25, 0.3) is 0 Å². The largest absolute Gasteiger partial charge is 0.494 e. The summed E-state index contributed by atoms with van der Waals surface area (Å²) in [5.74, 6) is -0.171. The van der Waals surface area contributed by atoms with Crippen LogP contribution in [0.5, 0.6) is 5.75 Å². The number of amides is 1. The van der Waals surface area contributed by atoms with Crippen LogP contribution in [-0.2, 0) is 24.3 Å². The van der Waals surface area contributed by atoms with Gasteiger partial charge in [0.25, 0.3) is 15.9 Å². The minimum absolute atomic E-state index is 0.0176. The van der Waals surface area contributed by atoms with E-state index in [4.69, 9.17) is 14.2 Å². The average molecular weight is 315 g/mol. The van der Waals surface area contributed by atoms with E-state index in [-0.39, 0.29) is 18.1 Å². The third-order valence-corrected chi connectivity index (χ3v) is 4.15. The smallest absolute Gasteiger partial charge is 0.265 e. The van der Waals surface area contributed by atoms with Crippen molar-refractivity contribution in [3.8, 4) is 5.75 Å². The number of ether oxygens (including phenoxy) is 3. The molecule has 116 valence electrons. The van der Waals surface area contributed by atoms with Crippen LogP contribution < -0.4 is 9.46 Å². The molecule has 1 aliphatic heterocycles. The summed E-state index contributed by atoms with van der Waals surface area (Å²) in [7, 11) is -3.93. The van der Waals surface area contributed by atoms with E-state index in [9.17, 15) is 13.2 Å². The summed E-state index contributed by atoms with van der Waals surface area (Å²) in [6.07, 6.45) is -0.906. The second kappa shape index (κ2) is 6.88. The van der Waals surface area contributed by atoms with Crippen LogP contribution in [0, 0.1) is 0 Å². The molecule has 1 aromatic carbocycles. The van der Waals surface area contributed by atoms with E-state index in [1.807, 2.05) is 11.6 Å². The van der Waals surface area contributed by atoms with Crippen LogP contribution in [0.2, 0.25) is 0 Å². The third-order valence-electron chi connectivity index (χ3n) is 2.79. The van der Waals surface area contributed by atoms with Crippen LogP contribution in [-0.4, -0.2) is 46.9 Å². The molecule has 1 N–H and O–H groups in total. The second-order valence-electron chi connectivity index (χ2n) is 4.31. The van der Waals surface area contributed by atoms with Gasteiger partial charge in [-0.3, -0.25) is 4.79 Å². The number of benzene rings is 1. The highest BCUT2D eigenvalue weighted by Crippen LogP contribution is 2.16. The SMILES string of the molecule is CCOc1ccc(S(=O)(=O)NC(=O)[C@H]2COCCO2)cc1. The Morgan fingerprint density at radius 3 is 2.62 bits per heavy atom. The zero-order valence-electron chi connectivity index (χ0n) is 11.6. The first-order valence-corrected chi connectivity index (χ1v) is 8.00. The normalized spacial score (nSPS) is 19.0. The van der Waals surface area contributed by atoms with E-state index < -0.39 is 22.0 Å². The number of rotatable bonds is 5. The Bertz CT molecular complexity index is 577. The molecule has 21 heavy (non-hydrogen) atoms. The molecule has 7 nitrogen and oxygen atoms in total. The molecule has 1 amide bonds. The number of carbonyl (C=O) groups excluding carboxylic acids is 1.